The predicted molar refractivity (Wildman–Crippen MR) is 94.7 cm³/mol. The monoisotopic (exact) mass is 385 g/mol. The van der Waals surface area contributed by atoms with Crippen LogP contribution >= 0.6 is 0 Å². The van der Waals surface area contributed by atoms with Gasteiger partial charge < -0.3 is 39.0 Å². The van der Waals surface area contributed by atoms with Gasteiger partial charge in [-0.3, -0.25) is 0 Å². The number of nitrogens with zero attached hydrogens (tertiary/aromatic N) is 5. The van der Waals surface area contributed by atoms with Crippen LogP contribution < -0.4 is 14.5 Å². The van der Waals surface area contributed by atoms with Gasteiger partial charge in [-0.25, -0.2) is 0 Å². The van der Waals surface area contributed by atoms with Crippen molar-refractivity contribution >= 4 is 11.9 Å². The van der Waals surface area contributed by atoms with Gasteiger partial charge in [-0.1, -0.05) is 0 Å². The summed E-state index contributed by atoms with van der Waals surface area (Å²) in [6, 6.07) is 0.0649. The quantitative estimate of drug-likeness (QED) is 0.625. The summed E-state index contributed by atoms with van der Waals surface area (Å²) in [4.78, 5) is 16.4. The molecule has 1 aromatic rings. The Morgan fingerprint density at radius 1 is 1.07 bits per heavy atom. The summed E-state index contributed by atoms with van der Waals surface area (Å²) >= 11 is 0. The minimum Gasteiger partial charge on any atom is -0.454 e. The summed E-state index contributed by atoms with van der Waals surface area (Å²) in [5.74, 6) is -0.0147. The molecule has 0 amide bonds. The Bertz CT molecular complexity index is 646. The molecule has 0 bridgehead atoms. The number of aliphatic hydroxyl groups is 2. The molecule has 2 fully saturated rings. The Balaban J connectivity index is 1.91. The third kappa shape index (κ3) is 4.06. The molecule has 0 saturated carbocycles. The van der Waals surface area contributed by atoms with Crippen LogP contribution in [0, 0.1) is 0 Å². The van der Waals surface area contributed by atoms with Crippen LogP contribution in [-0.4, -0.2) is 96.5 Å². The summed E-state index contributed by atoms with van der Waals surface area (Å²) in [5, 5.41) is 19.5. The molecule has 0 radical (unpaired) electrons. The Hall–Kier alpha value is -1.79. The van der Waals surface area contributed by atoms with Crippen molar-refractivity contribution in [2.75, 3.05) is 44.6 Å². The van der Waals surface area contributed by atoms with Crippen molar-refractivity contribution in [1.29, 1.82) is 0 Å². The molecular weight excluding hydrogens is 358 g/mol. The van der Waals surface area contributed by atoms with Gasteiger partial charge in [0.15, 0.2) is 24.3 Å². The van der Waals surface area contributed by atoms with Gasteiger partial charge in [-0.05, 0) is 13.8 Å². The van der Waals surface area contributed by atoms with Crippen LogP contribution in [0.4, 0.5) is 11.9 Å². The summed E-state index contributed by atoms with van der Waals surface area (Å²) < 4.78 is 23.3. The van der Waals surface area contributed by atoms with Gasteiger partial charge in [-0.2, -0.15) is 15.0 Å². The van der Waals surface area contributed by atoms with Crippen molar-refractivity contribution in [2.45, 2.75) is 50.3 Å². The second-order valence-electron chi connectivity index (χ2n) is 7.41. The summed E-state index contributed by atoms with van der Waals surface area (Å²) in [7, 11) is 7.23. The third-order valence-corrected chi connectivity index (χ3v) is 4.23. The topological polar surface area (TPSA) is 123 Å². The lowest BCUT2D eigenvalue weighted by atomic mass is 10.1. The van der Waals surface area contributed by atoms with Crippen LogP contribution in [-0.2, 0) is 14.2 Å². The highest BCUT2D eigenvalue weighted by Gasteiger charge is 2.58. The van der Waals surface area contributed by atoms with Crippen LogP contribution in [0.3, 0.4) is 0 Å². The van der Waals surface area contributed by atoms with Crippen molar-refractivity contribution in [2.24, 2.45) is 0 Å². The van der Waals surface area contributed by atoms with Gasteiger partial charge in [0.2, 0.25) is 11.9 Å². The molecule has 27 heavy (non-hydrogen) atoms. The van der Waals surface area contributed by atoms with E-state index in [1.54, 1.807) is 23.6 Å². The molecule has 1 aromatic heterocycles. The van der Waals surface area contributed by atoms with Gasteiger partial charge >= 0.3 is 6.01 Å². The molecule has 0 aliphatic carbocycles. The van der Waals surface area contributed by atoms with Crippen molar-refractivity contribution in [3.63, 3.8) is 0 Å². The van der Waals surface area contributed by atoms with Gasteiger partial charge in [-0.15, -0.1) is 0 Å². The highest BCUT2D eigenvalue weighted by Crippen LogP contribution is 2.39. The first-order valence-electron chi connectivity index (χ1n) is 8.68. The van der Waals surface area contributed by atoms with E-state index in [0.29, 0.717) is 11.9 Å². The molecule has 2 aliphatic heterocycles. The van der Waals surface area contributed by atoms with E-state index in [-0.39, 0.29) is 6.01 Å². The molecule has 152 valence electrons. The molecule has 0 aromatic carbocycles. The van der Waals surface area contributed by atoms with Crippen molar-refractivity contribution < 1.29 is 29.2 Å². The highest BCUT2D eigenvalue weighted by atomic mass is 16.8. The minimum absolute atomic E-state index is 0.0649. The smallest absolute Gasteiger partial charge is 0.323 e. The lowest BCUT2D eigenvalue weighted by molar-refractivity contribution is -0.225. The standard InChI is InChI=1S/C16H27N5O6/c1-16(2)26-11-10(9(8(23)7-22)24-12(11)27-16)25-15-18-13(20(3)4)17-14(19-15)21(5)6/h8-12,22-23H,7H2,1-6H3/t8-,9-,10+,11-,12-/m1/s1. The molecular formula is C16H27N5O6. The molecule has 11 heteroatoms. The van der Waals surface area contributed by atoms with Gasteiger partial charge in [0.05, 0.1) is 6.61 Å². The Morgan fingerprint density at radius 2 is 1.67 bits per heavy atom. The molecule has 2 saturated heterocycles. The second kappa shape index (κ2) is 7.32. The van der Waals surface area contributed by atoms with Crippen LogP contribution in [0.15, 0.2) is 0 Å². The zero-order valence-corrected chi connectivity index (χ0v) is 16.4. The van der Waals surface area contributed by atoms with Gasteiger partial charge in [0.25, 0.3) is 0 Å². The van der Waals surface area contributed by atoms with Crippen molar-refractivity contribution in [1.82, 2.24) is 15.0 Å². The zero-order chi connectivity index (χ0) is 19.9. The van der Waals surface area contributed by atoms with E-state index in [1.807, 2.05) is 28.2 Å². The average Bonchev–Trinajstić information content (AvgIpc) is 3.06. The Morgan fingerprint density at radius 3 is 2.19 bits per heavy atom. The molecule has 0 unspecified atom stereocenters. The number of ether oxygens (including phenoxy) is 4. The number of aromatic nitrogens is 3. The molecule has 2 N–H and O–H groups in total. The molecule has 5 atom stereocenters. The van der Waals surface area contributed by atoms with Crippen LogP contribution in [0.1, 0.15) is 13.8 Å². The van der Waals surface area contributed by atoms with Crippen LogP contribution in [0.25, 0.3) is 0 Å². The Kier molecular flexibility index (Phi) is 5.41. The van der Waals surface area contributed by atoms with E-state index < -0.39 is 43.1 Å². The van der Waals surface area contributed by atoms with E-state index >= 15 is 0 Å². The van der Waals surface area contributed by atoms with Crippen LogP contribution in [0.5, 0.6) is 6.01 Å². The first-order chi connectivity index (χ1) is 12.6. The van der Waals surface area contributed by atoms with Crippen molar-refractivity contribution in [3.05, 3.63) is 0 Å². The SMILES string of the molecule is CN(C)c1nc(O[C@@H]2[C@H]3OC(C)(C)O[C@H]3O[C@@H]2[C@H](O)CO)nc(N(C)C)n1. The van der Waals surface area contributed by atoms with E-state index in [4.69, 9.17) is 18.9 Å². The summed E-state index contributed by atoms with van der Waals surface area (Å²) in [6.45, 7) is 3.04. The number of aliphatic hydroxyl groups excluding tert-OH is 2. The van der Waals surface area contributed by atoms with Crippen molar-refractivity contribution in [3.8, 4) is 6.01 Å². The highest BCUT2D eigenvalue weighted by molar-refractivity contribution is 5.38. The maximum Gasteiger partial charge on any atom is 0.323 e. The number of hydrogen-bond acceptors (Lipinski definition) is 11. The minimum atomic E-state index is -1.17. The predicted octanol–water partition coefficient (Wildman–Crippen LogP) is -1.02. The maximum absolute atomic E-state index is 10.1. The van der Waals surface area contributed by atoms with E-state index in [1.165, 1.54) is 0 Å². The summed E-state index contributed by atoms with van der Waals surface area (Å²) in [5.41, 5.74) is 0. The number of rotatable bonds is 6. The first-order valence-corrected chi connectivity index (χ1v) is 8.68. The fraction of sp³-hybridized carbons (Fsp3) is 0.812. The fourth-order valence-electron chi connectivity index (χ4n) is 2.96. The van der Waals surface area contributed by atoms with Gasteiger partial charge in [0, 0.05) is 28.2 Å². The molecule has 0 spiro atoms. The molecule has 3 rings (SSSR count). The number of fused-ring (bicyclic) bond motifs is 1. The number of anilines is 2. The third-order valence-electron chi connectivity index (χ3n) is 4.23. The first kappa shape index (κ1) is 20.0. The van der Waals surface area contributed by atoms with E-state index in [2.05, 4.69) is 15.0 Å². The fourth-order valence-corrected chi connectivity index (χ4v) is 2.96. The van der Waals surface area contributed by atoms with Crippen LogP contribution in [0.2, 0.25) is 0 Å². The largest absolute Gasteiger partial charge is 0.454 e. The molecule has 11 nitrogen and oxygen atoms in total. The molecule has 3 heterocycles. The average molecular weight is 385 g/mol. The lowest BCUT2D eigenvalue weighted by Gasteiger charge is -2.28. The summed E-state index contributed by atoms with van der Waals surface area (Å²) in [6.07, 6.45) is -4.12. The number of hydrogen-bond donors (Lipinski definition) is 2. The normalized spacial score (nSPS) is 30.1. The van der Waals surface area contributed by atoms with E-state index in [0.717, 1.165) is 0 Å². The molecule has 2 aliphatic rings. The second-order valence-corrected chi connectivity index (χ2v) is 7.41. The lowest BCUT2D eigenvalue weighted by Crippen LogP contribution is -2.46. The van der Waals surface area contributed by atoms with E-state index in [9.17, 15) is 10.2 Å². The zero-order valence-electron chi connectivity index (χ0n) is 16.4. The van der Waals surface area contributed by atoms with Gasteiger partial charge in [0.1, 0.15) is 12.2 Å². The Labute approximate surface area is 157 Å². The maximum atomic E-state index is 10.1.